The molecule has 1 aromatic heterocycles. The van der Waals surface area contributed by atoms with Gasteiger partial charge >= 0.3 is 11.9 Å². The molecule has 0 spiro atoms. The number of nitrogens with zero attached hydrogens (tertiary/aromatic N) is 2. The fourth-order valence-corrected chi connectivity index (χ4v) is 5.33. The van der Waals surface area contributed by atoms with Gasteiger partial charge in [-0.05, 0) is 45.4 Å². The van der Waals surface area contributed by atoms with Crippen LogP contribution in [0, 0.1) is 11.3 Å². The Morgan fingerprint density at radius 3 is 2.14 bits per heavy atom. The molecular formula is C29H27N3O4S. The second-order valence-electron chi connectivity index (χ2n) is 8.39. The first-order valence-electron chi connectivity index (χ1n) is 12.0. The van der Waals surface area contributed by atoms with Gasteiger partial charge in [-0.15, -0.1) is 11.3 Å². The molecule has 0 saturated carbocycles. The number of carbonyl (C=O) groups is 2. The molecule has 7 nitrogen and oxygen atoms in total. The summed E-state index contributed by atoms with van der Waals surface area (Å²) in [6.45, 7) is 7.53. The normalized spacial score (nSPS) is 13.7. The second kappa shape index (κ2) is 11.2. The number of aromatic nitrogens is 1. The first-order chi connectivity index (χ1) is 17.9. The third kappa shape index (κ3) is 5.18. The number of hydrogen-bond donors (Lipinski definition) is 1. The van der Waals surface area contributed by atoms with E-state index in [1.807, 2.05) is 41.8 Å². The average molecular weight is 514 g/mol. The summed E-state index contributed by atoms with van der Waals surface area (Å²) in [6.07, 6.45) is 0. The summed E-state index contributed by atoms with van der Waals surface area (Å²) in [5.41, 5.74) is 5.81. The van der Waals surface area contributed by atoms with E-state index in [-0.39, 0.29) is 13.2 Å². The number of benzene rings is 2. The lowest BCUT2D eigenvalue weighted by atomic mass is 9.78. The molecule has 1 aliphatic heterocycles. The van der Waals surface area contributed by atoms with Crippen molar-refractivity contribution in [2.75, 3.05) is 13.2 Å². The van der Waals surface area contributed by atoms with E-state index in [9.17, 15) is 9.59 Å². The predicted octanol–water partition coefficient (Wildman–Crippen LogP) is 5.71. The van der Waals surface area contributed by atoms with Gasteiger partial charge in [-0.3, -0.25) is 0 Å². The third-order valence-electron chi connectivity index (χ3n) is 6.07. The standard InChI is InChI=1S/C29H27N3O4S/c1-5-35-28(33)24-17(3)31-18(4)25(29(34)36-6-2)26(24)21-9-7-8-10-22(21)27-32-23(16-37-27)20-13-11-19(15-30)12-14-20/h7-14,16,26,31H,5-6H2,1-4H3. The number of allylic oxidation sites excluding steroid dienone is 2. The highest BCUT2D eigenvalue weighted by Gasteiger charge is 2.39. The number of hydrogen-bond acceptors (Lipinski definition) is 8. The fraction of sp³-hybridized carbons (Fsp3) is 0.241. The largest absolute Gasteiger partial charge is 0.463 e. The monoisotopic (exact) mass is 513 g/mol. The van der Waals surface area contributed by atoms with Crippen LogP contribution in [0.1, 0.15) is 44.7 Å². The highest BCUT2D eigenvalue weighted by Crippen LogP contribution is 2.44. The lowest BCUT2D eigenvalue weighted by molar-refractivity contribution is -0.139. The van der Waals surface area contributed by atoms with E-state index < -0.39 is 17.9 Å². The predicted molar refractivity (Wildman–Crippen MR) is 142 cm³/mol. The van der Waals surface area contributed by atoms with Gasteiger partial charge in [-0.25, -0.2) is 14.6 Å². The molecule has 0 bridgehead atoms. The van der Waals surface area contributed by atoms with Crippen LogP contribution in [-0.2, 0) is 19.1 Å². The van der Waals surface area contributed by atoms with Crippen LogP contribution in [-0.4, -0.2) is 30.1 Å². The van der Waals surface area contributed by atoms with Crippen LogP contribution < -0.4 is 5.32 Å². The van der Waals surface area contributed by atoms with Crippen molar-refractivity contribution in [2.45, 2.75) is 33.6 Å². The molecule has 2 heterocycles. The van der Waals surface area contributed by atoms with Crippen molar-refractivity contribution in [3.63, 3.8) is 0 Å². The maximum Gasteiger partial charge on any atom is 0.336 e. The van der Waals surface area contributed by atoms with E-state index in [0.717, 1.165) is 27.4 Å². The molecule has 0 unspecified atom stereocenters. The highest BCUT2D eigenvalue weighted by molar-refractivity contribution is 7.13. The van der Waals surface area contributed by atoms with E-state index >= 15 is 0 Å². The molecule has 188 valence electrons. The Kier molecular flexibility index (Phi) is 7.85. The van der Waals surface area contributed by atoms with Crippen molar-refractivity contribution in [1.29, 1.82) is 5.26 Å². The van der Waals surface area contributed by atoms with E-state index in [4.69, 9.17) is 19.7 Å². The molecule has 1 N–H and O–H groups in total. The van der Waals surface area contributed by atoms with E-state index in [1.165, 1.54) is 11.3 Å². The first kappa shape index (κ1) is 25.9. The molecule has 0 saturated heterocycles. The number of ether oxygens (including phenoxy) is 2. The van der Waals surface area contributed by atoms with E-state index in [1.54, 1.807) is 39.8 Å². The van der Waals surface area contributed by atoms with Crippen molar-refractivity contribution in [3.8, 4) is 27.9 Å². The van der Waals surface area contributed by atoms with Gasteiger partial charge in [0.15, 0.2) is 0 Å². The number of nitriles is 1. The Balaban J connectivity index is 1.86. The van der Waals surface area contributed by atoms with Gasteiger partial charge in [0.25, 0.3) is 0 Å². The Morgan fingerprint density at radius 2 is 1.57 bits per heavy atom. The van der Waals surface area contributed by atoms with Gasteiger partial charge < -0.3 is 14.8 Å². The van der Waals surface area contributed by atoms with Crippen LogP contribution in [0.15, 0.2) is 76.5 Å². The highest BCUT2D eigenvalue weighted by atomic mass is 32.1. The minimum atomic E-state index is -0.696. The average Bonchev–Trinajstić information content (AvgIpc) is 3.38. The van der Waals surface area contributed by atoms with Crippen LogP contribution >= 0.6 is 11.3 Å². The smallest absolute Gasteiger partial charge is 0.336 e. The van der Waals surface area contributed by atoms with Crippen LogP contribution in [0.5, 0.6) is 0 Å². The molecule has 1 aliphatic rings. The summed E-state index contributed by atoms with van der Waals surface area (Å²) in [7, 11) is 0. The Morgan fingerprint density at radius 1 is 0.973 bits per heavy atom. The number of thiazole rings is 1. The van der Waals surface area contributed by atoms with Gasteiger partial charge in [-0.1, -0.05) is 36.4 Å². The summed E-state index contributed by atoms with van der Waals surface area (Å²) in [5.74, 6) is -1.67. The molecule has 2 aromatic carbocycles. The lowest BCUT2D eigenvalue weighted by Crippen LogP contribution is -2.32. The van der Waals surface area contributed by atoms with Crippen molar-refractivity contribution < 1.29 is 19.1 Å². The summed E-state index contributed by atoms with van der Waals surface area (Å²) in [5, 5.41) is 15.0. The minimum Gasteiger partial charge on any atom is -0.463 e. The summed E-state index contributed by atoms with van der Waals surface area (Å²) < 4.78 is 10.8. The lowest BCUT2D eigenvalue weighted by Gasteiger charge is -2.31. The summed E-state index contributed by atoms with van der Waals surface area (Å²) in [4.78, 5) is 31.2. The van der Waals surface area contributed by atoms with Gasteiger partial charge in [0.05, 0.1) is 47.6 Å². The molecule has 0 atom stereocenters. The van der Waals surface area contributed by atoms with Crippen LogP contribution in [0.2, 0.25) is 0 Å². The maximum absolute atomic E-state index is 13.2. The molecular weight excluding hydrogens is 486 g/mol. The number of nitrogens with one attached hydrogen (secondary N) is 1. The third-order valence-corrected chi connectivity index (χ3v) is 6.94. The van der Waals surface area contributed by atoms with Crippen molar-refractivity contribution >= 4 is 23.3 Å². The van der Waals surface area contributed by atoms with Gasteiger partial charge in [0.2, 0.25) is 0 Å². The number of carbonyl (C=O) groups excluding carboxylic acids is 2. The van der Waals surface area contributed by atoms with Crippen LogP contribution in [0.25, 0.3) is 21.8 Å². The zero-order valence-electron chi connectivity index (χ0n) is 21.1. The molecule has 8 heteroatoms. The number of rotatable bonds is 7. The zero-order chi connectivity index (χ0) is 26.5. The molecule has 0 amide bonds. The quantitative estimate of drug-likeness (QED) is 0.404. The molecule has 37 heavy (non-hydrogen) atoms. The number of dihydropyridines is 1. The minimum absolute atomic E-state index is 0.210. The van der Waals surface area contributed by atoms with Crippen molar-refractivity contribution in [1.82, 2.24) is 10.3 Å². The molecule has 3 aromatic rings. The summed E-state index contributed by atoms with van der Waals surface area (Å²) in [6, 6.07) is 17.0. The summed E-state index contributed by atoms with van der Waals surface area (Å²) >= 11 is 1.47. The van der Waals surface area contributed by atoms with Crippen molar-refractivity contribution in [3.05, 3.63) is 87.6 Å². The van der Waals surface area contributed by atoms with Gasteiger partial charge in [0, 0.05) is 27.9 Å². The molecule has 4 rings (SSSR count). The maximum atomic E-state index is 13.2. The zero-order valence-corrected chi connectivity index (χ0v) is 21.9. The van der Waals surface area contributed by atoms with Gasteiger partial charge in [-0.2, -0.15) is 5.26 Å². The molecule has 0 aliphatic carbocycles. The Bertz CT molecular complexity index is 1400. The Hall–Kier alpha value is -4.22. The SMILES string of the molecule is CCOC(=O)C1=C(C)NC(C)=C(C(=O)OCC)C1c1ccccc1-c1nc(-c2ccc(C#N)cc2)cs1. The van der Waals surface area contributed by atoms with Crippen LogP contribution in [0.3, 0.4) is 0 Å². The number of esters is 2. The topological polar surface area (TPSA) is 101 Å². The van der Waals surface area contributed by atoms with Crippen molar-refractivity contribution in [2.24, 2.45) is 0 Å². The van der Waals surface area contributed by atoms with Gasteiger partial charge in [0.1, 0.15) is 5.01 Å². The van der Waals surface area contributed by atoms with Crippen LogP contribution in [0.4, 0.5) is 0 Å². The second-order valence-corrected chi connectivity index (χ2v) is 9.25. The van der Waals surface area contributed by atoms with E-state index in [0.29, 0.717) is 28.1 Å². The molecule has 0 fully saturated rings. The first-order valence-corrected chi connectivity index (χ1v) is 12.9. The van der Waals surface area contributed by atoms with E-state index in [2.05, 4.69) is 11.4 Å². The Labute approximate surface area is 220 Å². The molecule has 0 radical (unpaired) electrons. The fourth-order valence-electron chi connectivity index (χ4n) is 4.45.